The lowest BCUT2D eigenvalue weighted by Gasteiger charge is -2.08. The van der Waals surface area contributed by atoms with Gasteiger partial charge in [-0.25, -0.2) is 14.0 Å². The molecule has 0 aliphatic heterocycles. The van der Waals surface area contributed by atoms with E-state index < -0.39 is 12.1 Å². The molecule has 0 radical (unpaired) electrons. The number of aliphatic carboxylic acids is 1. The molecule has 0 unspecified atom stereocenters. The van der Waals surface area contributed by atoms with E-state index in [-0.39, 0.29) is 18.4 Å². The van der Waals surface area contributed by atoms with Crippen LogP contribution in [-0.4, -0.2) is 33.5 Å². The summed E-state index contributed by atoms with van der Waals surface area (Å²) in [6, 6.07) is 13.2. The van der Waals surface area contributed by atoms with Crippen LogP contribution in [0.1, 0.15) is 5.56 Å². The predicted octanol–water partition coefficient (Wildman–Crippen LogP) is 4.17. The van der Waals surface area contributed by atoms with Crippen LogP contribution in [0.5, 0.6) is 0 Å². The van der Waals surface area contributed by atoms with Crippen LogP contribution in [0.2, 0.25) is 0 Å². The molecule has 0 aliphatic rings. The molecule has 3 rings (SSSR count). The van der Waals surface area contributed by atoms with Crippen LogP contribution < -0.4 is 10.6 Å². The molecule has 2 aromatic carbocycles. The Balaban J connectivity index is 0.000000396. The summed E-state index contributed by atoms with van der Waals surface area (Å²) in [7, 11) is 0. The highest BCUT2D eigenvalue weighted by atomic mass is 19.4. The number of urea groups is 1. The summed E-state index contributed by atoms with van der Waals surface area (Å²) in [5, 5.41) is 19.2. The van der Waals surface area contributed by atoms with Crippen molar-refractivity contribution >= 4 is 17.7 Å². The van der Waals surface area contributed by atoms with Crippen LogP contribution in [0.25, 0.3) is 11.1 Å². The van der Waals surface area contributed by atoms with Gasteiger partial charge in [0.15, 0.2) is 0 Å². The molecule has 7 nitrogen and oxygen atoms in total. The van der Waals surface area contributed by atoms with E-state index in [4.69, 9.17) is 9.90 Å². The Hall–Kier alpha value is -3.89. The maximum absolute atomic E-state index is 13.1. The van der Waals surface area contributed by atoms with Gasteiger partial charge in [0.2, 0.25) is 0 Å². The highest BCUT2D eigenvalue weighted by Crippen LogP contribution is 2.19. The predicted molar refractivity (Wildman–Crippen MR) is 100.0 cm³/mol. The number of halogens is 4. The molecule has 158 valence electrons. The molecule has 2 amide bonds. The molecule has 0 saturated heterocycles. The number of hydrogen-bond acceptors (Lipinski definition) is 3. The number of nitrogens with one attached hydrogen (secondary N) is 3. The molecule has 0 saturated carbocycles. The van der Waals surface area contributed by atoms with Crippen molar-refractivity contribution in [1.82, 2.24) is 15.5 Å². The summed E-state index contributed by atoms with van der Waals surface area (Å²) >= 11 is 0. The van der Waals surface area contributed by atoms with E-state index in [9.17, 15) is 22.4 Å². The van der Waals surface area contributed by atoms with Crippen LogP contribution in [-0.2, 0) is 11.3 Å². The number of nitrogens with zero attached hydrogens (tertiary/aromatic N) is 1. The highest BCUT2D eigenvalue weighted by molar-refractivity contribution is 5.89. The summed E-state index contributed by atoms with van der Waals surface area (Å²) in [6.45, 7) is 0.261. The highest BCUT2D eigenvalue weighted by Gasteiger charge is 2.38. The van der Waals surface area contributed by atoms with E-state index >= 15 is 0 Å². The van der Waals surface area contributed by atoms with Gasteiger partial charge in [0.05, 0.1) is 6.20 Å². The fraction of sp³-hybridized carbons (Fsp3) is 0.105. The van der Waals surface area contributed by atoms with Crippen molar-refractivity contribution < 1.29 is 32.3 Å². The average molecular weight is 424 g/mol. The van der Waals surface area contributed by atoms with Crippen molar-refractivity contribution in [3.05, 3.63) is 72.3 Å². The van der Waals surface area contributed by atoms with Crippen LogP contribution in [0.4, 0.5) is 28.0 Å². The van der Waals surface area contributed by atoms with Gasteiger partial charge >= 0.3 is 18.2 Å². The SMILES string of the molecule is O=C(NCc1cccc(F)c1)Nc1ccc(-c2cn[nH]c2)cc1.O=C(O)C(F)(F)F. The second-order valence-electron chi connectivity index (χ2n) is 5.80. The van der Waals surface area contributed by atoms with E-state index in [0.29, 0.717) is 11.3 Å². The summed E-state index contributed by atoms with van der Waals surface area (Å²) in [5.41, 5.74) is 3.36. The lowest BCUT2D eigenvalue weighted by Crippen LogP contribution is -2.28. The second kappa shape index (κ2) is 10.0. The molecule has 1 aromatic heterocycles. The van der Waals surface area contributed by atoms with E-state index in [0.717, 1.165) is 11.1 Å². The lowest BCUT2D eigenvalue weighted by molar-refractivity contribution is -0.192. The molecule has 4 N–H and O–H groups in total. The standard InChI is InChI=1S/C17H15FN4O.C2HF3O2/c18-15-3-1-2-12(8-15)9-19-17(23)22-16-6-4-13(5-7-16)14-10-20-21-11-14;3-2(4,5)1(6)7/h1-8,10-11H,9H2,(H,20,21)(H2,19,22,23);(H,6,7). The van der Waals surface area contributed by atoms with E-state index in [1.807, 2.05) is 24.3 Å². The number of aromatic amines is 1. The normalized spacial score (nSPS) is 10.5. The van der Waals surface area contributed by atoms with Gasteiger partial charge in [-0.15, -0.1) is 0 Å². The van der Waals surface area contributed by atoms with Crippen molar-refractivity contribution in [3.63, 3.8) is 0 Å². The van der Waals surface area contributed by atoms with E-state index in [1.165, 1.54) is 12.1 Å². The zero-order chi connectivity index (χ0) is 22.1. The summed E-state index contributed by atoms with van der Waals surface area (Å²) in [6.07, 6.45) is -1.55. The molecule has 30 heavy (non-hydrogen) atoms. The summed E-state index contributed by atoms with van der Waals surface area (Å²) in [5.74, 6) is -3.08. The minimum Gasteiger partial charge on any atom is -0.475 e. The molecule has 1 heterocycles. The Kier molecular flexibility index (Phi) is 7.50. The van der Waals surface area contributed by atoms with Gasteiger partial charge in [-0.1, -0.05) is 24.3 Å². The van der Waals surface area contributed by atoms with E-state index in [2.05, 4.69) is 20.8 Å². The van der Waals surface area contributed by atoms with Crippen LogP contribution >= 0.6 is 0 Å². The minimum atomic E-state index is -5.08. The zero-order valence-corrected chi connectivity index (χ0v) is 15.2. The number of carboxylic acid groups (broad SMARTS) is 1. The van der Waals surface area contributed by atoms with Gasteiger partial charge in [0.1, 0.15) is 5.82 Å². The zero-order valence-electron chi connectivity index (χ0n) is 15.2. The Morgan fingerprint density at radius 3 is 2.27 bits per heavy atom. The first-order chi connectivity index (χ1) is 14.1. The maximum Gasteiger partial charge on any atom is 0.490 e. The minimum absolute atomic E-state index is 0.261. The second-order valence-corrected chi connectivity index (χ2v) is 5.80. The van der Waals surface area contributed by atoms with Gasteiger partial charge in [-0.2, -0.15) is 18.3 Å². The Morgan fingerprint density at radius 2 is 1.73 bits per heavy atom. The molecule has 0 atom stereocenters. The number of rotatable bonds is 4. The number of carbonyl (C=O) groups is 2. The number of benzene rings is 2. The van der Waals surface area contributed by atoms with Gasteiger partial charge in [0.25, 0.3) is 0 Å². The summed E-state index contributed by atoms with van der Waals surface area (Å²) < 4.78 is 44.8. The quantitative estimate of drug-likeness (QED) is 0.472. The molecule has 0 spiro atoms. The fourth-order valence-electron chi connectivity index (χ4n) is 2.16. The van der Waals surface area contributed by atoms with Crippen LogP contribution in [0.15, 0.2) is 60.9 Å². The number of amides is 2. The monoisotopic (exact) mass is 424 g/mol. The molecule has 0 aliphatic carbocycles. The Labute approximate surface area is 167 Å². The average Bonchev–Trinajstić information content (AvgIpc) is 3.22. The van der Waals surface area contributed by atoms with Crippen LogP contribution in [0.3, 0.4) is 0 Å². The third-order valence-corrected chi connectivity index (χ3v) is 3.56. The Morgan fingerprint density at radius 1 is 1.07 bits per heavy atom. The molecule has 3 aromatic rings. The summed E-state index contributed by atoms with van der Waals surface area (Å²) in [4.78, 5) is 20.7. The first kappa shape index (κ1) is 22.4. The molecule has 0 fully saturated rings. The number of alkyl halides is 3. The topological polar surface area (TPSA) is 107 Å². The molecular formula is C19H16F4N4O3. The van der Waals surface area contributed by atoms with Crippen molar-refractivity contribution in [1.29, 1.82) is 0 Å². The number of aromatic nitrogens is 2. The smallest absolute Gasteiger partial charge is 0.475 e. The van der Waals surface area contributed by atoms with Gasteiger partial charge in [-0.05, 0) is 35.4 Å². The van der Waals surface area contributed by atoms with Crippen molar-refractivity contribution in [3.8, 4) is 11.1 Å². The third kappa shape index (κ3) is 7.26. The number of anilines is 1. The Bertz CT molecular complexity index is 974. The van der Waals surface area contributed by atoms with Gasteiger partial charge < -0.3 is 15.7 Å². The van der Waals surface area contributed by atoms with Crippen LogP contribution in [0, 0.1) is 5.82 Å². The third-order valence-electron chi connectivity index (χ3n) is 3.56. The number of H-pyrrole nitrogens is 1. The van der Waals surface area contributed by atoms with E-state index in [1.54, 1.807) is 24.5 Å². The number of carboxylic acids is 1. The van der Waals surface area contributed by atoms with Crippen molar-refractivity contribution in [2.45, 2.75) is 12.7 Å². The first-order valence-corrected chi connectivity index (χ1v) is 8.34. The van der Waals surface area contributed by atoms with Crippen molar-refractivity contribution in [2.75, 3.05) is 5.32 Å². The van der Waals surface area contributed by atoms with Crippen molar-refractivity contribution in [2.24, 2.45) is 0 Å². The molecule has 11 heteroatoms. The lowest BCUT2D eigenvalue weighted by atomic mass is 10.1. The fourth-order valence-corrected chi connectivity index (χ4v) is 2.16. The first-order valence-electron chi connectivity index (χ1n) is 8.34. The van der Waals surface area contributed by atoms with Gasteiger partial charge in [0, 0.05) is 24.0 Å². The molecular weight excluding hydrogens is 408 g/mol. The van der Waals surface area contributed by atoms with Gasteiger partial charge in [-0.3, -0.25) is 5.10 Å². The largest absolute Gasteiger partial charge is 0.490 e. The number of hydrogen-bond donors (Lipinski definition) is 4. The molecule has 0 bridgehead atoms. The maximum atomic E-state index is 13.1. The number of carbonyl (C=O) groups excluding carboxylic acids is 1.